The number of aromatic nitrogens is 2. The topological polar surface area (TPSA) is 41.1 Å². The third kappa shape index (κ3) is 2.28. The van der Waals surface area contributed by atoms with Gasteiger partial charge in [-0.1, -0.05) is 12.8 Å². The Morgan fingerprint density at radius 2 is 1.83 bits per heavy atom. The first-order chi connectivity index (χ1) is 8.86. The van der Waals surface area contributed by atoms with E-state index in [0.717, 1.165) is 24.9 Å². The van der Waals surface area contributed by atoms with Gasteiger partial charge in [0.15, 0.2) is 0 Å². The molecule has 0 amide bonds. The second-order valence-electron chi connectivity index (χ2n) is 5.40. The van der Waals surface area contributed by atoms with E-state index in [1.807, 2.05) is 7.05 Å². The maximum Gasteiger partial charge on any atom is 0.227 e. The van der Waals surface area contributed by atoms with E-state index >= 15 is 0 Å². The SMILES string of the molecule is CNc1cc(C2CCCC2)nc(N2CCCC2)n1. The van der Waals surface area contributed by atoms with Crippen LogP contribution in [-0.4, -0.2) is 30.1 Å². The summed E-state index contributed by atoms with van der Waals surface area (Å²) in [4.78, 5) is 11.7. The molecule has 0 spiro atoms. The van der Waals surface area contributed by atoms with Crippen LogP contribution >= 0.6 is 0 Å². The Bertz CT molecular complexity index is 372. The first kappa shape index (κ1) is 11.8. The summed E-state index contributed by atoms with van der Waals surface area (Å²) in [7, 11) is 1.94. The van der Waals surface area contributed by atoms with Crippen molar-refractivity contribution in [3.63, 3.8) is 0 Å². The predicted octanol–water partition coefficient (Wildman–Crippen LogP) is 2.78. The molecule has 1 aliphatic heterocycles. The van der Waals surface area contributed by atoms with E-state index in [9.17, 15) is 0 Å². The van der Waals surface area contributed by atoms with Crippen LogP contribution in [0.15, 0.2) is 6.07 Å². The highest BCUT2D eigenvalue weighted by atomic mass is 15.3. The van der Waals surface area contributed by atoms with Gasteiger partial charge in [-0.2, -0.15) is 4.98 Å². The third-order valence-corrected chi connectivity index (χ3v) is 4.15. The highest BCUT2D eigenvalue weighted by molar-refractivity contribution is 5.44. The fourth-order valence-corrected chi connectivity index (χ4v) is 3.07. The largest absolute Gasteiger partial charge is 0.373 e. The Morgan fingerprint density at radius 1 is 1.11 bits per heavy atom. The Hall–Kier alpha value is -1.32. The molecule has 0 aromatic carbocycles. The molecule has 2 heterocycles. The fraction of sp³-hybridized carbons (Fsp3) is 0.714. The van der Waals surface area contributed by atoms with Gasteiger partial charge in [0.2, 0.25) is 5.95 Å². The van der Waals surface area contributed by atoms with Crippen molar-refractivity contribution in [1.29, 1.82) is 0 Å². The van der Waals surface area contributed by atoms with Crippen LogP contribution in [-0.2, 0) is 0 Å². The summed E-state index contributed by atoms with van der Waals surface area (Å²) in [6, 6.07) is 2.13. The lowest BCUT2D eigenvalue weighted by Gasteiger charge is -2.18. The molecule has 1 saturated carbocycles. The molecule has 1 aromatic heterocycles. The Labute approximate surface area is 109 Å². The van der Waals surface area contributed by atoms with Gasteiger partial charge in [-0.3, -0.25) is 0 Å². The lowest BCUT2D eigenvalue weighted by molar-refractivity contribution is 0.691. The standard InChI is InChI=1S/C14H22N4/c1-15-13-10-12(11-6-2-3-7-11)16-14(17-13)18-8-4-5-9-18/h10-11H,2-9H2,1H3,(H,15,16,17). The molecule has 0 atom stereocenters. The van der Waals surface area contributed by atoms with Gasteiger partial charge >= 0.3 is 0 Å². The van der Waals surface area contributed by atoms with Crippen LogP contribution < -0.4 is 10.2 Å². The van der Waals surface area contributed by atoms with Crippen LogP contribution in [0.3, 0.4) is 0 Å². The molecule has 0 unspecified atom stereocenters. The summed E-state index contributed by atoms with van der Waals surface area (Å²) in [5.74, 6) is 2.55. The van der Waals surface area contributed by atoms with Gasteiger partial charge in [-0.05, 0) is 25.7 Å². The van der Waals surface area contributed by atoms with E-state index in [1.54, 1.807) is 0 Å². The fourth-order valence-electron chi connectivity index (χ4n) is 3.07. The van der Waals surface area contributed by atoms with E-state index in [-0.39, 0.29) is 0 Å². The number of rotatable bonds is 3. The number of hydrogen-bond donors (Lipinski definition) is 1. The first-order valence-electron chi connectivity index (χ1n) is 7.18. The van der Waals surface area contributed by atoms with Gasteiger partial charge in [0.1, 0.15) is 5.82 Å². The summed E-state index contributed by atoms with van der Waals surface area (Å²) < 4.78 is 0. The molecule has 1 aliphatic carbocycles. The average Bonchev–Trinajstić information content (AvgIpc) is 3.10. The Balaban J connectivity index is 1.90. The molecule has 3 rings (SSSR count). The molecule has 1 aromatic rings. The van der Waals surface area contributed by atoms with Crippen LogP contribution in [0.25, 0.3) is 0 Å². The summed E-state index contributed by atoms with van der Waals surface area (Å²) in [5.41, 5.74) is 1.24. The number of nitrogens with one attached hydrogen (secondary N) is 1. The highest BCUT2D eigenvalue weighted by Gasteiger charge is 2.22. The molecule has 1 saturated heterocycles. The van der Waals surface area contributed by atoms with Crippen molar-refractivity contribution in [3.8, 4) is 0 Å². The molecule has 0 bridgehead atoms. The van der Waals surface area contributed by atoms with Crippen LogP contribution in [0.1, 0.15) is 50.1 Å². The second kappa shape index (κ2) is 5.12. The van der Waals surface area contributed by atoms with Crippen LogP contribution in [0.2, 0.25) is 0 Å². The lowest BCUT2D eigenvalue weighted by atomic mass is 10.0. The molecule has 4 nitrogen and oxygen atoms in total. The molecule has 2 aliphatic rings. The maximum atomic E-state index is 4.82. The van der Waals surface area contributed by atoms with Gasteiger partial charge in [0, 0.05) is 32.1 Å². The van der Waals surface area contributed by atoms with Gasteiger partial charge in [0.05, 0.1) is 5.69 Å². The molecule has 18 heavy (non-hydrogen) atoms. The monoisotopic (exact) mass is 246 g/mol. The molecule has 98 valence electrons. The molecule has 0 radical (unpaired) electrons. The van der Waals surface area contributed by atoms with E-state index in [4.69, 9.17) is 4.98 Å². The third-order valence-electron chi connectivity index (χ3n) is 4.15. The van der Waals surface area contributed by atoms with Gasteiger partial charge in [0.25, 0.3) is 0 Å². The van der Waals surface area contributed by atoms with Crippen molar-refractivity contribution in [3.05, 3.63) is 11.8 Å². The smallest absolute Gasteiger partial charge is 0.227 e. The number of nitrogens with zero attached hydrogens (tertiary/aromatic N) is 3. The van der Waals surface area contributed by atoms with E-state index < -0.39 is 0 Å². The van der Waals surface area contributed by atoms with Crippen molar-refractivity contribution in [2.45, 2.75) is 44.4 Å². The summed E-state index contributed by atoms with van der Waals surface area (Å²) >= 11 is 0. The van der Waals surface area contributed by atoms with Gasteiger partial charge < -0.3 is 10.2 Å². The Morgan fingerprint density at radius 3 is 2.50 bits per heavy atom. The lowest BCUT2D eigenvalue weighted by Crippen LogP contribution is -2.21. The normalized spacial score (nSPS) is 20.6. The molecule has 1 N–H and O–H groups in total. The molecular weight excluding hydrogens is 224 g/mol. The van der Waals surface area contributed by atoms with Crippen LogP contribution in [0.4, 0.5) is 11.8 Å². The van der Waals surface area contributed by atoms with Crippen molar-refractivity contribution in [2.24, 2.45) is 0 Å². The molecule has 4 heteroatoms. The van der Waals surface area contributed by atoms with Crippen molar-refractivity contribution in [1.82, 2.24) is 9.97 Å². The van der Waals surface area contributed by atoms with Gasteiger partial charge in [-0.25, -0.2) is 4.98 Å². The predicted molar refractivity (Wildman–Crippen MR) is 74.2 cm³/mol. The average molecular weight is 246 g/mol. The van der Waals surface area contributed by atoms with Crippen LogP contribution in [0.5, 0.6) is 0 Å². The minimum Gasteiger partial charge on any atom is -0.373 e. The maximum absolute atomic E-state index is 4.82. The summed E-state index contributed by atoms with van der Waals surface area (Å²) in [5, 5.41) is 3.18. The minimum absolute atomic E-state index is 0.654. The second-order valence-corrected chi connectivity index (χ2v) is 5.40. The minimum atomic E-state index is 0.654. The zero-order chi connectivity index (χ0) is 12.4. The number of anilines is 2. The van der Waals surface area contributed by atoms with Crippen molar-refractivity contribution >= 4 is 11.8 Å². The Kier molecular flexibility index (Phi) is 3.35. The summed E-state index contributed by atoms with van der Waals surface area (Å²) in [6.45, 7) is 2.22. The van der Waals surface area contributed by atoms with Crippen molar-refractivity contribution in [2.75, 3.05) is 30.4 Å². The zero-order valence-corrected chi connectivity index (χ0v) is 11.2. The summed E-state index contributed by atoms with van der Waals surface area (Å²) in [6.07, 6.45) is 7.82. The first-order valence-corrected chi connectivity index (χ1v) is 7.18. The molecule has 2 fully saturated rings. The van der Waals surface area contributed by atoms with E-state index in [2.05, 4.69) is 21.3 Å². The highest BCUT2D eigenvalue weighted by Crippen LogP contribution is 2.34. The molecular formula is C14H22N4. The quantitative estimate of drug-likeness (QED) is 0.890. The van der Waals surface area contributed by atoms with E-state index in [0.29, 0.717) is 5.92 Å². The zero-order valence-electron chi connectivity index (χ0n) is 11.2. The van der Waals surface area contributed by atoms with Crippen LogP contribution in [0, 0.1) is 0 Å². The van der Waals surface area contributed by atoms with Gasteiger partial charge in [-0.15, -0.1) is 0 Å². The van der Waals surface area contributed by atoms with Crippen molar-refractivity contribution < 1.29 is 0 Å². The van der Waals surface area contributed by atoms with E-state index in [1.165, 1.54) is 44.2 Å². The number of hydrogen-bond acceptors (Lipinski definition) is 4.